The average Bonchev–Trinajstić information content (AvgIpc) is 2.89. The summed E-state index contributed by atoms with van der Waals surface area (Å²) in [5.41, 5.74) is -0.252. The Hall–Kier alpha value is -0.570. The van der Waals surface area contributed by atoms with Crippen LogP contribution in [0.15, 0.2) is 0 Å². The molecule has 20 heavy (non-hydrogen) atoms. The van der Waals surface area contributed by atoms with E-state index in [1.165, 1.54) is 25.7 Å². The molecule has 1 atom stereocenters. The topological polar surface area (TPSA) is 49.3 Å². The van der Waals surface area contributed by atoms with Crippen LogP contribution in [0.1, 0.15) is 66.2 Å². The van der Waals surface area contributed by atoms with Crippen LogP contribution in [0.4, 0.5) is 0 Å². The van der Waals surface area contributed by atoms with Crippen molar-refractivity contribution in [1.29, 1.82) is 0 Å². The maximum absolute atomic E-state index is 12.5. The predicted molar refractivity (Wildman–Crippen MR) is 83.4 cm³/mol. The first-order valence-corrected chi connectivity index (χ1v) is 8.27. The molecule has 0 saturated heterocycles. The summed E-state index contributed by atoms with van der Waals surface area (Å²) < 4.78 is 0. The van der Waals surface area contributed by atoms with E-state index in [4.69, 9.17) is 5.11 Å². The first-order valence-electron chi connectivity index (χ1n) is 8.27. The van der Waals surface area contributed by atoms with E-state index in [1.54, 1.807) is 0 Å². The third kappa shape index (κ3) is 5.08. The Morgan fingerprint density at radius 1 is 1.30 bits per heavy atom. The van der Waals surface area contributed by atoms with Gasteiger partial charge in [0.05, 0.1) is 0 Å². The third-order valence-corrected chi connectivity index (χ3v) is 4.85. The lowest BCUT2D eigenvalue weighted by Gasteiger charge is -2.31. The fraction of sp³-hybridized carbons (Fsp3) is 0.941. The Labute approximate surface area is 124 Å². The molecule has 1 saturated carbocycles. The van der Waals surface area contributed by atoms with E-state index in [-0.39, 0.29) is 17.9 Å². The number of rotatable bonds is 8. The predicted octanol–water partition coefficient (Wildman–Crippen LogP) is 3.36. The van der Waals surface area contributed by atoms with Crippen LogP contribution in [0.3, 0.4) is 0 Å². The van der Waals surface area contributed by atoms with Crippen LogP contribution >= 0.6 is 0 Å². The van der Waals surface area contributed by atoms with Crippen molar-refractivity contribution in [2.45, 2.75) is 66.2 Å². The van der Waals surface area contributed by atoms with Gasteiger partial charge >= 0.3 is 0 Å². The number of hydrogen-bond donors (Lipinski definition) is 2. The maximum atomic E-state index is 12.5. The van der Waals surface area contributed by atoms with Crippen molar-refractivity contribution in [2.75, 3.05) is 13.2 Å². The zero-order valence-corrected chi connectivity index (χ0v) is 13.7. The van der Waals surface area contributed by atoms with Crippen LogP contribution in [-0.4, -0.2) is 24.2 Å². The van der Waals surface area contributed by atoms with Gasteiger partial charge in [-0.2, -0.15) is 0 Å². The highest BCUT2D eigenvalue weighted by Gasteiger charge is 2.38. The Morgan fingerprint density at radius 2 is 1.90 bits per heavy atom. The summed E-state index contributed by atoms with van der Waals surface area (Å²) in [6.07, 6.45) is 6.75. The molecule has 1 aliphatic carbocycles. The van der Waals surface area contributed by atoms with Gasteiger partial charge in [0.1, 0.15) is 0 Å². The summed E-state index contributed by atoms with van der Waals surface area (Å²) >= 11 is 0. The van der Waals surface area contributed by atoms with Gasteiger partial charge < -0.3 is 10.4 Å². The second-order valence-corrected chi connectivity index (χ2v) is 7.42. The number of nitrogens with one attached hydrogen (secondary N) is 1. The van der Waals surface area contributed by atoms with Crippen LogP contribution in [-0.2, 0) is 4.79 Å². The molecule has 0 spiro atoms. The molecule has 0 radical (unpaired) electrons. The van der Waals surface area contributed by atoms with Crippen molar-refractivity contribution >= 4 is 5.91 Å². The maximum Gasteiger partial charge on any atom is 0.225 e. The van der Waals surface area contributed by atoms with Gasteiger partial charge in [0.2, 0.25) is 5.91 Å². The number of amides is 1. The van der Waals surface area contributed by atoms with Crippen molar-refractivity contribution in [3.8, 4) is 0 Å². The average molecular weight is 283 g/mol. The minimum Gasteiger partial charge on any atom is -0.396 e. The summed E-state index contributed by atoms with van der Waals surface area (Å²) in [6.45, 7) is 9.46. The highest BCUT2D eigenvalue weighted by atomic mass is 16.3. The van der Waals surface area contributed by atoms with Gasteiger partial charge in [-0.1, -0.05) is 40.5 Å². The molecule has 0 aromatic heterocycles. The van der Waals surface area contributed by atoms with Crippen molar-refractivity contribution in [3.05, 3.63) is 0 Å². The zero-order valence-electron chi connectivity index (χ0n) is 13.7. The quantitative estimate of drug-likeness (QED) is 0.717. The molecule has 1 rings (SSSR count). The van der Waals surface area contributed by atoms with E-state index < -0.39 is 0 Å². The van der Waals surface area contributed by atoms with Crippen LogP contribution < -0.4 is 5.32 Å². The normalized spacial score (nSPS) is 18.5. The van der Waals surface area contributed by atoms with Crippen molar-refractivity contribution in [2.24, 2.45) is 23.2 Å². The molecule has 3 heteroatoms. The lowest BCUT2D eigenvalue weighted by molar-refractivity contribution is -0.132. The lowest BCUT2D eigenvalue weighted by atomic mass is 9.77. The minimum absolute atomic E-state index is 0.191. The number of aliphatic hydroxyl groups is 1. The van der Waals surface area contributed by atoms with Gasteiger partial charge in [0, 0.05) is 18.6 Å². The molecular formula is C17H33NO2. The first-order chi connectivity index (χ1) is 9.37. The highest BCUT2D eigenvalue weighted by molar-refractivity contribution is 5.82. The fourth-order valence-corrected chi connectivity index (χ4v) is 3.45. The summed E-state index contributed by atoms with van der Waals surface area (Å²) in [7, 11) is 0. The molecule has 0 aliphatic heterocycles. The van der Waals surface area contributed by atoms with Crippen molar-refractivity contribution in [3.63, 3.8) is 0 Å². The molecule has 0 heterocycles. The molecule has 1 amide bonds. The second-order valence-electron chi connectivity index (χ2n) is 7.42. The molecule has 0 bridgehead atoms. The summed E-state index contributed by atoms with van der Waals surface area (Å²) in [6, 6.07) is 0. The number of aliphatic hydroxyl groups excluding tert-OH is 1. The first kappa shape index (κ1) is 17.5. The van der Waals surface area contributed by atoms with E-state index >= 15 is 0 Å². The van der Waals surface area contributed by atoms with Gasteiger partial charge in [-0.15, -0.1) is 0 Å². The largest absolute Gasteiger partial charge is 0.396 e. The molecule has 3 nitrogen and oxygen atoms in total. The molecule has 118 valence electrons. The summed E-state index contributed by atoms with van der Waals surface area (Å²) in [5.74, 6) is 1.72. The van der Waals surface area contributed by atoms with Crippen LogP contribution in [0, 0.1) is 23.2 Å². The monoisotopic (exact) mass is 283 g/mol. The standard InChI is InChI=1S/C17H33NO2/c1-13(2)11-14(9-10-19)12-18-16(20)17(3,4)15-7-5-6-8-15/h13-15,19H,5-12H2,1-4H3,(H,18,20). The smallest absolute Gasteiger partial charge is 0.225 e. The molecule has 2 N–H and O–H groups in total. The SMILES string of the molecule is CC(C)CC(CCO)CNC(=O)C(C)(C)C1CCCC1. The molecule has 1 aliphatic rings. The fourth-order valence-electron chi connectivity index (χ4n) is 3.45. The molecule has 1 unspecified atom stereocenters. The Balaban J connectivity index is 2.46. The second kappa shape index (κ2) is 8.02. The van der Waals surface area contributed by atoms with Gasteiger partial charge in [0.25, 0.3) is 0 Å². The van der Waals surface area contributed by atoms with Crippen LogP contribution in [0.25, 0.3) is 0 Å². The van der Waals surface area contributed by atoms with Crippen molar-refractivity contribution in [1.82, 2.24) is 5.32 Å². The zero-order chi connectivity index (χ0) is 15.2. The summed E-state index contributed by atoms with van der Waals surface area (Å²) in [4.78, 5) is 12.5. The Kier molecular flexibility index (Phi) is 7.01. The highest BCUT2D eigenvalue weighted by Crippen LogP contribution is 2.39. The van der Waals surface area contributed by atoms with E-state index in [0.717, 1.165) is 12.8 Å². The molecule has 0 aromatic carbocycles. The summed E-state index contributed by atoms with van der Waals surface area (Å²) in [5, 5.41) is 12.3. The Bertz CT molecular complexity index is 293. The van der Waals surface area contributed by atoms with Gasteiger partial charge in [-0.05, 0) is 43.4 Å². The van der Waals surface area contributed by atoms with Gasteiger partial charge in [-0.25, -0.2) is 0 Å². The van der Waals surface area contributed by atoms with E-state index in [2.05, 4.69) is 33.0 Å². The van der Waals surface area contributed by atoms with Crippen molar-refractivity contribution < 1.29 is 9.90 Å². The molecular weight excluding hydrogens is 250 g/mol. The Morgan fingerprint density at radius 3 is 2.40 bits per heavy atom. The van der Waals surface area contributed by atoms with E-state index in [1.807, 2.05) is 0 Å². The van der Waals surface area contributed by atoms with E-state index in [0.29, 0.717) is 24.3 Å². The number of carbonyl (C=O) groups is 1. The van der Waals surface area contributed by atoms with Gasteiger partial charge in [0.15, 0.2) is 0 Å². The van der Waals surface area contributed by atoms with Gasteiger partial charge in [-0.3, -0.25) is 4.79 Å². The van der Waals surface area contributed by atoms with Crippen LogP contribution in [0.2, 0.25) is 0 Å². The molecule has 1 fully saturated rings. The number of hydrogen-bond acceptors (Lipinski definition) is 2. The lowest BCUT2D eigenvalue weighted by Crippen LogP contribution is -2.43. The minimum atomic E-state index is -0.252. The number of carbonyl (C=O) groups excluding carboxylic acids is 1. The van der Waals surface area contributed by atoms with E-state index in [9.17, 15) is 4.79 Å². The molecule has 0 aromatic rings. The third-order valence-electron chi connectivity index (χ3n) is 4.85. The van der Waals surface area contributed by atoms with Crippen LogP contribution in [0.5, 0.6) is 0 Å².